The van der Waals surface area contributed by atoms with Gasteiger partial charge in [0, 0.05) is 36.2 Å². The van der Waals surface area contributed by atoms with Gasteiger partial charge in [-0.2, -0.15) is 0 Å². The van der Waals surface area contributed by atoms with Crippen LogP contribution in [0, 0.1) is 12.1 Å². The number of aromatic nitrogens is 4. The van der Waals surface area contributed by atoms with Crippen LogP contribution in [0.1, 0.15) is 50.2 Å². The van der Waals surface area contributed by atoms with Crippen molar-refractivity contribution in [2.45, 2.75) is 38.5 Å². The van der Waals surface area contributed by atoms with Crippen molar-refractivity contribution in [2.75, 3.05) is 0 Å². The zero-order valence-corrected chi connectivity index (χ0v) is 20.2. The van der Waals surface area contributed by atoms with Crippen molar-refractivity contribution in [3.63, 3.8) is 0 Å². The Bertz CT molecular complexity index is 1070. The first kappa shape index (κ1) is 21.5. The van der Waals surface area contributed by atoms with E-state index in [0.717, 1.165) is 45.0 Å². The van der Waals surface area contributed by atoms with Gasteiger partial charge in [-0.1, -0.05) is 13.8 Å². The summed E-state index contributed by atoms with van der Waals surface area (Å²) in [4.78, 5) is 18.9. The summed E-state index contributed by atoms with van der Waals surface area (Å²) in [6.45, 7) is 8.59. The minimum atomic E-state index is -0.454. The van der Waals surface area contributed by atoms with Gasteiger partial charge in [0.2, 0.25) is 0 Å². The molecule has 5 rings (SSSR count). The van der Waals surface area contributed by atoms with E-state index in [1.54, 1.807) is 12.4 Å². The SMILES string of the molecule is CC1(C)c2[c-]c(ccc2)-c2cncc(n2)C(C)(C)c2cncc(n2)-c2[c-]c1ccc2.[Pt+2]. The predicted octanol–water partition coefficient (Wildman–Crippen LogP) is 5.16. The first-order valence-corrected chi connectivity index (χ1v) is 10.1. The van der Waals surface area contributed by atoms with E-state index in [0.29, 0.717) is 0 Å². The Morgan fingerprint density at radius 3 is 1.52 bits per heavy atom. The maximum absolute atomic E-state index is 4.95. The van der Waals surface area contributed by atoms with Crippen molar-refractivity contribution in [3.8, 4) is 22.5 Å². The third-order valence-corrected chi connectivity index (χ3v) is 6.04. The molecule has 0 unspecified atom stereocenters. The van der Waals surface area contributed by atoms with Gasteiger partial charge in [0.05, 0.1) is 16.8 Å². The first-order valence-electron chi connectivity index (χ1n) is 10.1. The molecule has 31 heavy (non-hydrogen) atoms. The number of fused-ring (bicyclic) bond motifs is 10. The molecule has 4 nitrogen and oxygen atoms in total. The van der Waals surface area contributed by atoms with Crippen LogP contribution in [-0.4, -0.2) is 19.9 Å². The Labute approximate surface area is 197 Å². The van der Waals surface area contributed by atoms with Crippen LogP contribution in [0.2, 0.25) is 0 Å². The van der Waals surface area contributed by atoms with Gasteiger partial charge in [-0.05, 0) is 19.3 Å². The number of hydrogen-bond donors (Lipinski definition) is 0. The average molecular weight is 586 g/mol. The summed E-state index contributed by atoms with van der Waals surface area (Å²) in [6, 6.07) is 19.6. The van der Waals surface area contributed by atoms with Crippen molar-refractivity contribution >= 4 is 0 Å². The Kier molecular flexibility index (Phi) is 5.39. The number of benzene rings is 2. The Balaban J connectivity index is 0.00000231. The van der Waals surface area contributed by atoms with Crippen molar-refractivity contribution in [1.82, 2.24) is 19.9 Å². The second kappa shape index (κ2) is 7.76. The summed E-state index contributed by atoms with van der Waals surface area (Å²) < 4.78 is 0. The molecule has 2 aromatic carbocycles. The molecule has 0 amide bonds. The van der Waals surface area contributed by atoms with Crippen LogP contribution in [-0.2, 0) is 31.9 Å². The van der Waals surface area contributed by atoms with E-state index in [4.69, 9.17) is 9.97 Å². The maximum Gasteiger partial charge on any atom is 2.00 e. The fourth-order valence-corrected chi connectivity index (χ4v) is 3.84. The van der Waals surface area contributed by atoms with Crippen molar-refractivity contribution in [3.05, 3.63) is 95.8 Å². The fourth-order valence-electron chi connectivity index (χ4n) is 3.84. The summed E-state index contributed by atoms with van der Waals surface area (Å²) in [5.74, 6) is 0. The van der Waals surface area contributed by atoms with Crippen molar-refractivity contribution in [2.24, 2.45) is 0 Å². The monoisotopic (exact) mass is 585 g/mol. The van der Waals surface area contributed by atoms with E-state index in [1.807, 2.05) is 24.5 Å². The number of nitrogens with zero attached hydrogens (tertiary/aromatic N) is 4. The summed E-state index contributed by atoms with van der Waals surface area (Å²) in [6.07, 6.45) is 7.21. The largest absolute Gasteiger partial charge is 2.00 e. The Hall–Kier alpha value is -2.71. The maximum atomic E-state index is 4.95. The normalized spacial score (nSPS) is 15.4. The molecule has 0 saturated carbocycles. The minimum Gasteiger partial charge on any atom is -0.297 e. The Morgan fingerprint density at radius 1 is 0.613 bits per heavy atom. The summed E-state index contributed by atoms with van der Waals surface area (Å²) in [5, 5.41) is 0. The molecular formula is C26H22N4Pt. The van der Waals surface area contributed by atoms with Gasteiger partial charge in [0.1, 0.15) is 0 Å². The molecule has 2 aromatic heterocycles. The quantitative estimate of drug-likeness (QED) is 0.268. The number of rotatable bonds is 0. The second-order valence-corrected chi connectivity index (χ2v) is 8.79. The van der Waals surface area contributed by atoms with Gasteiger partial charge in [-0.3, -0.25) is 19.9 Å². The molecule has 8 bridgehead atoms. The molecule has 156 valence electrons. The van der Waals surface area contributed by atoms with Crippen molar-refractivity contribution < 1.29 is 21.1 Å². The van der Waals surface area contributed by atoms with Gasteiger partial charge < -0.3 is 0 Å². The van der Waals surface area contributed by atoms with Gasteiger partial charge in [-0.25, -0.2) is 0 Å². The topological polar surface area (TPSA) is 51.6 Å². The van der Waals surface area contributed by atoms with E-state index in [9.17, 15) is 0 Å². The second-order valence-electron chi connectivity index (χ2n) is 8.79. The van der Waals surface area contributed by atoms with Crippen LogP contribution in [0.25, 0.3) is 22.5 Å². The van der Waals surface area contributed by atoms with E-state index >= 15 is 0 Å². The molecule has 3 heterocycles. The van der Waals surface area contributed by atoms with Crippen LogP contribution >= 0.6 is 0 Å². The van der Waals surface area contributed by atoms with Crippen LogP contribution < -0.4 is 0 Å². The molecule has 0 spiro atoms. The van der Waals surface area contributed by atoms with E-state index in [2.05, 4.69) is 74.1 Å². The van der Waals surface area contributed by atoms with E-state index in [1.165, 1.54) is 0 Å². The van der Waals surface area contributed by atoms with Gasteiger partial charge in [0.25, 0.3) is 0 Å². The molecule has 0 N–H and O–H groups in total. The van der Waals surface area contributed by atoms with Crippen LogP contribution in [0.3, 0.4) is 0 Å². The molecule has 1 aliphatic rings. The zero-order valence-electron chi connectivity index (χ0n) is 17.9. The summed E-state index contributed by atoms with van der Waals surface area (Å²) in [7, 11) is 0. The third kappa shape index (κ3) is 3.63. The average Bonchev–Trinajstić information content (AvgIpc) is 2.79. The number of hydrogen-bond acceptors (Lipinski definition) is 4. The van der Waals surface area contributed by atoms with Gasteiger partial charge >= 0.3 is 21.1 Å². The molecular weight excluding hydrogens is 563 g/mol. The molecule has 0 radical (unpaired) electrons. The molecule has 5 heteroatoms. The van der Waals surface area contributed by atoms with Gasteiger partial charge in [-0.15, -0.1) is 70.8 Å². The minimum absolute atomic E-state index is 0. The van der Waals surface area contributed by atoms with Crippen LogP contribution in [0.4, 0.5) is 0 Å². The molecule has 0 atom stereocenters. The standard InChI is InChI=1S/C26H22N4.Pt/c1-25(2)19-9-5-7-17(11-19)21-13-27-15-23(29-21)26(3,4)24-16-28-14-22(30-24)18-8-6-10-20(25)12-18;/h5-10,13-16H,1-4H3;/q-2;+2. The predicted molar refractivity (Wildman–Crippen MR) is 117 cm³/mol. The molecule has 4 aromatic rings. The molecule has 1 aliphatic heterocycles. The van der Waals surface area contributed by atoms with Crippen LogP contribution in [0.15, 0.2) is 61.2 Å². The third-order valence-electron chi connectivity index (χ3n) is 6.04. The smallest absolute Gasteiger partial charge is 0.297 e. The molecule has 0 saturated heterocycles. The molecule has 0 aliphatic carbocycles. The van der Waals surface area contributed by atoms with Crippen molar-refractivity contribution in [1.29, 1.82) is 0 Å². The summed E-state index contributed by atoms with van der Waals surface area (Å²) >= 11 is 0. The van der Waals surface area contributed by atoms with Crippen LogP contribution in [0.5, 0.6) is 0 Å². The van der Waals surface area contributed by atoms with E-state index in [-0.39, 0.29) is 26.5 Å². The van der Waals surface area contributed by atoms with E-state index < -0.39 is 5.41 Å². The summed E-state index contributed by atoms with van der Waals surface area (Å²) in [5.41, 5.74) is 6.58. The first-order chi connectivity index (χ1) is 14.4. The Morgan fingerprint density at radius 2 is 1.06 bits per heavy atom. The van der Waals surface area contributed by atoms with Gasteiger partial charge in [0.15, 0.2) is 0 Å². The zero-order chi connectivity index (χ0) is 20.9. The molecule has 0 fully saturated rings. The fraction of sp³-hybridized carbons (Fsp3) is 0.231.